The molecular formula is C34H44N4O4. The molecule has 0 spiro atoms. The zero-order chi connectivity index (χ0) is 29.1. The highest BCUT2D eigenvalue weighted by Gasteiger charge is 2.42. The molecule has 8 nitrogen and oxygen atoms in total. The van der Waals surface area contributed by atoms with Gasteiger partial charge in [0.1, 0.15) is 6.54 Å². The molecule has 0 amide bonds. The van der Waals surface area contributed by atoms with Gasteiger partial charge in [0.2, 0.25) is 0 Å². The summed E-state index contributed by atoms with van der Waals surface area (Å²) >= 11 is 0. The van der Waals surface area contributed by atoms with Crippen molar-refractivity contribution >= 4 is 17.0 Å². The molecule has 3 fully saturated rings. The fourth-order valence-corrected chi connectivity index (χ4v) is 8.05. The Bertz CT molecular complexity index is 1500. The van der Waals surface area contributed by atoms with E-state index in [0.717, 1.165) is 18.4 Å². The molecule has 2 bridgehead atoms. The predicted molar refractivity (Wildman–Crippen MR) is 165 cm³/mol. The largest absolute Gasteiger partial charge is 0.468 e. The third kappa shape index (κ3) is 5.83. The van der Waals surface area contributed by atoms with Crippen LogP contribution in [0.1, 0.15) is 95.9 Å². The van der Waals surface area contributed by atoms with Gasteiger partial charge in [-0.15, -0.1) is 0 Å². The third-order valence-electron chi connectivity index (χ3n) is 9.97. The van der Waals surface area contributed by atoms with Crippen LogP contribution in [0.15, 0.2) is 52.1 Å². The minimum absolute atomic E-state index is 0.0553. The van der Waals surface area contributed by atoms with Crippen molar-refractivity contribution in [2.24, 2.45) is 0 Å². The fraction of sp³-hybridized carbons (Fsp3) is 0.588. The lowest BCUT2D eigenvalue weighted by molar-refractivity contribution is -0.141. The first-order chi connectivity index (χ1) is 20.5. The SMILES string of the molecule is COC(=O)Cn1c(-c2nc3ccccc3n([C@H]3C[C@H]4CCC[C@@H](C3)N4C3CCCCCCCCC3)c2=O)cccc1=O. The van der Waals surface area contributed by atoms with Gasteiger partial charge in [-0.05, 0) is 56.7 Å². The molecule has 3 atom stereocenters. The van der Waals surface area contributed by atoms with Crippen molar-refractivity contribution in [2.75, 3.05) is 7.11 Å². The van der Waals surface area contributed by atoms with Gasteiger partial charge >= 0.3 is 5.97 Å². The molecule has 8 heteroatoms. The van der Waals surface area contributed by atoms with Crippen molar-refractivity contribution in [3.05, 3.63) is 63.2 Å². The lowest BCUT2D eigenvalue weighted by Gasteiger charge is -2.53. The van der Waals surface area contributed by atoms with Crippen LogP contribution in [-0.2, 0) is 16.1 Å². The molecule has 3 aromatic rings. The summed E-state index contributed by atoms with van der Waals surface area (Å²) < 4.78 is 8.11. The molecule has 6 rings (SSSR count). The van der Waals surface area contributed by atoms with Crippen LogP contribution in [0, 0.1) is 0 Å². The first-order valence-electron chi connectivity index (χ1n) is 16.1. The van der Waals surface area contributed by atoms with E-state index < -0.39 is 5.97 Å². The highest BCUT2D eigenvalue weighted by molar-refractivity contribution is 5.78. The summed E-state index contributed by atoms with van der Waals surface area (Å²) in [5.74, 6) is -0.550. The minimum Gasteiger partial charge on any atom is -0.468 e. The minimum atomic E-state index is -0.550. The lowest BCUT2D eigenvalue weighted by atomic mass is 9.79. The number of aromatic nitrogens is 3. The van der Waals surface area contributed by atoms with Crippen LogP contribution in [0.5, 0.6) is 0 Å². The zero-order valence-electron chi connectivity index (χ0n) is 24.9. The molecule has 1 aromatic carbocycles. The van der Waals surface area contributed by atoms with Crippen LogP contribution in [-0.4, -0.2) is 50.2 Å². The Morgan fingerprint density at radius 3 is 2.12 bits per heavy atom. The summed E-state index contributed by atoms with van der Waals surface area (Å²) in [6, 6.07) is 14.2. The number of fused-ring (bicyclic) bond motifs is 3. The van der Waals surface area contributed by atoms with E-state index in [9.17, 15) is 14.4 Å². The number of piperidine rings is 2. The molecule has 0 unspecified atom stereocenters. The maximum absolute atomic E-state index is 14.4. The predicted octanol–water partition coefficient (Wildman–Crippen LogP) is 5.85. The fourth-order valence-electron chi connectivity index (χ4n) is 8.05. The summed E-state index contributed by atoms with van der Waals surface area (Å²) in [7, 11) is 1.29. The normalized spacial score (nSPS) is 24.4. The molecule has 2 aliphatic heterocycles. The average molecular weight is 573 g/mol. The molecule has 0 N–H and O–H groups in total. The van der Waals surface area contributed by atoms with Gasteiger partial charge in [-0.3, -0.25) is 23.9 Å². The summed E-state index contributed by atoms with van der Waals surface area (Å²) in [5.41, 5.74) is 1.53. The van der Waals surface area contributed by atoms with Crippen molar-refractivity contribution in [3.63, 3.8) is 0 Å². The van der Waals surface area contributed by atoms with Gasteiger partial charge in [0.05, 0.1) is 23.8 Å². The van der Waals surface area contributed by atoms with Gasteiger partial charge in [0.15, 0.2) is 5.69 Å². The van der Waals surface area contributed by atoms with Crippen LogP contribution >= 0.6 is 0 Å². The summed E-state index contributed by atoms with van der Waals surface area (Å²) in [5, 5.41) is 0. The maximum atomic E-state index is 14.4. The molecule has 224 valence electrons. The Kier molecular flexibility index (Phi) is 8.89. The maximum Gasteiger partial charge on any atom is 0.325 e. The number of benzene rings is 1. The van der Waals surface area contributed by atoms with Gasteiger partial charge in [-0.1, -0.05) is 69.6 Å². The van der Waals surface area contributed by atoms with Gasteiger partial charge in [-0.25, -0.2) is 4.98 Å². The standard InChI is InChI=1S/C34H44N4O4/c1-42-32(40)23-36-30(19-12-20-31(36)39)33-34(41)38(29-18-10-9-17-28(29)35-33)27-21-25-15-11-16-26(22-27)37(25)24-13-7-5-3-2-4-6-8-14-24/h9-10,12,17-20,24-27H,2-8,11,13-16,21-23H2,1H3/t25-,26+,27+. The van der Waals surface area contributed by atoms with E-state index in [4.69, 9.17) is 9.72 Å². The monoisotopic (exact) mass is 572 g/mol. The Balaban J connectivity index is 1.38. The van der Waals surface area contributed by atoms with Crippen molar-refractivity contribution < 1.29 is 9.53 Å². The molecule has 0 radical (unpaired) electrons. The Labute approximate surface area is 247 Å². The lowest BCUT2D eigenvalue weighted by Crippen LogP contribution is -2.57. The van der Waals surface area contributed by atoms with Crippen molar-refractivity contribution in [1.29, 1.82) is 0 Å². The second-order valence-corrected chi connectivity index (χ2v) is 12.6. The highest BCUT2D eigenvalue weighted by atomic mass is 16.5. The Hall–Kier alpha value is -3.26. The number of ether oxygens (including phenoxy) is 1. The van der Waals surface area contributed by atoms with E-state index in [2.05, 4.69) is 4.90 Å². The van der Waals surface area contributed by atoms with Crippen molar-refractivity contribution in [1.82, 2.24) is 19.0 Å². The van der Waals surface area contributed by atoms with Gasteiger partial charge < -0.3 is 9.30 Å². The molecule has 1 aliphatic carbocycles. The number of nitrogens with zero attached hydrogens (tertiary/aromatic N) is 4. The number of pyridine rings is 1. The smallest absolute Gasteiger partial charge is 0.325 e. The van der Waals surface area contributed by atoms with Gasteiger partial charge in [0, 0.05) is 30.2 Å². The van der Waals surface area contributed by atoms with Gasteiger partial charge in [0.25, 0.3) is 11.1 Å². The first kappa shape index (κ1) is 28.8. The molecule has 1 saturated carbocycles. The van der Waals surface area contributed by atoms with E-state index in [1.165, 1.54) is 94.8 Å². The van der Waals surface area contributed by atoms with Crippen LogP contribution < -0.4 is 11.1 Å². The number of hydrogen-bond donors (Lipinski definition) is 0. The molecular weight excluding hydrogens is 528 g/mol. The zero-order valence-corrected chi connectivity index (χ0v) is 24.9. The number of rotatable bonds is 5. The molecule has 2 aromatic heterocycles. The highest BCUT2D eigenvalue weighted by Crippen LogP contribution is 2.42. The third-order valence-corrected chi connectivity index (χ3v) is 9.97. The number of esters is 1. The van der Waals surface area contributed by atoms with Crippen LogP contribution in [0.2, 0.25) is 0 Å². The number of carbonyl (C=O) groups is 1. The van der Waals surface area contributed by atoms with Gasteiger partial charge in [-0.2, -0.15) is 0 Å². The Morgan fingerprint density at radius 1 is 0.786 bits per heavy atom. The number of methoxy groups -OCH3 is 1. The quantitative estimate of drug-likeness (QED) is 0.357. The summed E-state index contributed by atoms with van der Waals surface area (Å²) in [6.45, 7) is -0.274. The van der Waals surface area contributed by atoms with E-state index in [0.29, 0.717) is 29.3 Å². The van der Waals surface area contributed by atoms with Crippen molar-refractivity contribution in [2.45, 2.75) is 121 Å². The molecule has 3 aliphatic rings. The Morgan fingerprint density at radius 2 is 1.43 bits per heavy atom. The first-order valence-corrected chi connectivity index (χ1v) is 16.1. The van der Waals surface area contributed by atoms with E-state index in [-0.39, 0.29) is 29.4 Å². The second-order valence-electron chi connectivity index (χ2n) is 12.6. The summed E-state index contributed by atoms with van der Waals surface area (Å²) in [6.07, 6.45) is 17.6. The average Bonchev–Trinajstić information content (AvgIpc) is 3.00. The van der Waals surface area contributed by atoms with E-state index in [1.807, 2.05) is 28.8 Å². The van der Waals surface area contributed by atoms with Crippen LogP contribution in [0.25, 0.3) is 22.4 Å². The number of carbonyl (C=O) groups excluding carboxylic acids is 1. The number of hydrogen-bond acceptors (Lipinski definition) is 6. The van der Waals surface area contributed by atoms with Crippen LogP contribution in [0.4, 0.5) is 0 Å². The van der Waals surface area contributed by atoms with Crippen molar-refractivity contribution in [3.8, 4) is 11.4 Å². The summed E-state index contributed by atoms with van der Waals surface area (Å²) in [4.78, 5) is 47.1. The van der Waals surface area contributed by atoms with Crippen LogP contribution in [0.3, 0.4) is 0 Å². The molecule has 4 heterocycles. The topological polar surface area (TPSA) is 86.4 Å². The molecule has 42 heavy (non-hydrogen) atoms. The van der Waals surface area contributed by atoms with E-state index >= 15 is 0 Å². The van der Waals surface area contributed by atoms with E-state index in [1.54, 1.807) is 12.1 Å². The molecule has 2 saturated heterocycles. The second kappa shape index (κ2) is 12.9. The number of para-hydroxylation sites is 2.